The number of hydrogen-bond donors (Lipinski definition) is 3. The fraction of sp³-hybridized carbons (Fsp3) is 0.659. The summed E-state index contributed by atoms with van der Waals surface area (Å²) in [6.45, 7) is 20.6. The van der Waals surface area contributed by atoms with Crippen LogP contribution in [0.25, 0.3) is 21.6 Å². The molecule has 3 saturated carbocycles. The fourth-order valence-electron chi connectivity index (χ4n) is 8.84. The third kappa shape index (κ3) is 8.69. The van der Waals surface area contributed by atoms with E-state index < -0.39 is 38.5 Å². The third-order valence-corrected chi connectivity index (χ3v) is 18.0. The van der Waals surface area contributed by atoms with Gasteiger partial charge in [0.1, 0.15) is 11.8 Å². The number of aliphatic hydroxyl groups is 1. The number of rotatable bonds is 15. The number of aliphatic hydroxyl groups excluding tert-OH is 1. The molecule has 0 unspecified atom stereocenters. The number of hydrogen-bond acceptors (Lipinski definition) is 9. The van der Waals surface area contributed by atoms with Crippen molar-refractivity contribution >= 4 is 25.9 Å². The minimum absolute atomic E-state index is 0.00211. The molecule has 2 bridgehead atoms. The summed E-state index contributed by atoms with van der Waals surface area (Å²) in [6, 6.07) is 9.98. The second kappa shape index (κ2) is 16.4. The molecule has 13 nitrogen and oxygen atoms in total. The summed E-state index contributed by atoms with van der Waals surface area (Å²) in [5, 5.41) is 30.0. The molecule has 6 rings (SSSR count). The summed E-state index contributed by atoms with van der Waals surface area (Å²) in [5.41, 5.74) is 12.3. The Hall–Kier alpha value is -3.65. The molecule has 4 aliphatic rings. The van der Waals surface area contributed by atoms with Crippen molar-refractivity contribution in [1.29, 1.82) is 0 Å². The molecule has 1 aliphatic heterocycles. The van der Waals surface area contributed by atoms with E-state index in [1.165, 1.54) is 6.42 Å². The lowest BCUT2D eigenvalue weighted by Gasteiger charge is -2.62. The van der Waals surface area contributed by atoms with Crippen molar-refractivity contribution in [3.05, 3.63) is 58.0 Å². The lowest BCUT2D eigenvalue weighted by atomic mass is 9.45. The van der Waals surface area contributed by atoms with Crippen molar-refractivity contribution in [1.82, 2.24) is 10.4 Å². The van der Waals surface area contributed by atoms with Gasteiger partial charge in [0.2, 0.25) is 5.91 Å². The van der Waals surface area contributed by atoms with Gasteiger partial charge in [0.25, 0.3) is 0 Å². The highest BCUT2D eigenvalue weighted by Crippen LogP contribution is 2.61. The van der Waals surface area contributed by atoms with Crippen LogP contribution in [0.5, 0.6) is 5.75 Å². The van der Waals surface area contributed by atoms with Crippen LogP contribution in [0.4, 0.5) is 5.69 Å². The van der Waals surface area contributed by atoms with Gasteiger partial charge in [-0.05, 0) is 90.4 Å². The van der Waals surface area contributed by atoms with Crippen molar-refractivity contribution in [3.63, 3.8) is 0 Å². The summed E-state index contributed by atoms with van der Waals surface area (Å²) in [6.07, 6.45) is 0.407. The monoisotopic (exact) mass is 778 g/mol. The number of azide groups is 1. The lowest BCUT2D eigenvalue weighted by Crippen LogP contribution is -2.62. The molecule has 0 spiro atoms. The standard InChI is InChI=1S/C41H62N6O7Si/c1-24-32-20-29(41(32,6)7)21-33(24)44-38(49)36-35(25(2)48)34(22-43-45-42)54-47(36)23-26-13-12-14-31(37(26)52-9)27-17-28(39(50)51)19-30(18-27)46(8)15-16-53-55(10,11)40(3,4)5/h12-14,17-19,24-25,29,32-36,48H,15-16,20-23H2,1-11H3,(H,44,49)(H,50,51)/t24-,25-,29+,32-,33-,34-,35+,36-/m0/s1. The highest BCUT2D eigenvalue weighted by atomic mass is 28.4. The SMILES string of the molecule is COc1c(CN2O[C@@H](CN=[N+]=[N-])[C@@H]([C@H](C)O)[C@H]2C(=O)N[C@H]2C[C@H]3C[C@@H]([C@@H]2C)C3(C)C)cccc1-c1cc(C(=O)O)cc(N(C)CCO[Si](C)(C)C(C)(C)C)c1. The molecule has 55 heavy (non-hydrogen) atoms. The molecule has 1 saturated heterocycles. The van der Waals surface area contributed by atoms with E-state index in [0.29, 0.717) is 53.3 Å². The zero-order chi connectivity index (χ0) is 40.6. The Morgan fingerprint density at radius 3 is 2.51 bits per heavy atom. The molecule has 1 heterocycles. The zero-order valence-corrected chi connectivity index (χ0v) is 35.5. The Morgan fingerprint density at radius 1 is 1.22 bits per heavy atom. The number of carboxylic acid groups (broad SMARTS) is 1. The van der Waals surface area contributed by atoms with E-state index in [1.54, 1.807) is 31.2 Å². The topological polar surface area (TPSA) is 170 Å². The maximum Gasteiger partial charge on any atom is 0.335 e. The number of nitrogens with one attached hydrogen (secondary N) is 1. The lowest BCUT2D eigenvalue weighted by molar-refractivity contribution is -0.175. The number of nitrogens with zero attached hydrogens (tertiary/aromatic N) is 5. The van der Waals surface area contributed by atoms with Crippen molar-refractivity contribution < 1.29 is 33.8 Å². The number of aromatic carboxylic acids is 1. The molecule has 302 valence electrons. The van der Waals surface area contributed by atoms with Crippen LogP contribution < -0.4 is 15.0 Å². The summed E-state index contributed by atoms with van der Waals surface area (Å²) in [7, 11) is 1.52. The fourth-order valence-corrected chi connectivity index (χ4v) is 9.88. The van der Waals surface area contributed by atoms with Crippen LogP contribution in [0, 0.1) is 29.1 Å². The Bertz CT molecular complexity index is 1770. The van der Waals surface area contributed by atoms with Gasteiger partial charge in [-0.3, -0.25) is 9.63 Å². The number of carbonyl (C=O) groups is 2. The quantitative estimate of drug-likeness (QED) is 0.0718. The molecule has 1 amide bonds. The molecular weight excluding hydrogens is 717 g/mol. The second-order valence-corrected chi connectivity index (χ2v) is 22.9. The highest BCUT2D eigenvalue weighted by Gasteiger charge is 2.57. The normalized spacial score (nSPS) is 26.7. The highest BCUT2D eigenvalue weighted by molar-refractivity contribution is 6.74. The van der Waals surface area contributed by atoms with Gasteiger partial charge in [-0.1, -0.05) is 64.9 Å². The number of carboxylic acids is 1. The van der Waals surface area contributed by atoms with Gasteiger partial charge in [-0.25, -0.2) is 4.79 Å². The number of para-hydroxylation sites is 1. The second-order valence-electron chi connectivity index (χ2n) is 18.1. The molecule has 3 N–H and O–H groups in total. The van der Waals surface area contributed by atoms with E-state index in [4.69, 9.17) is 19.5 Å². The van der Waals surface area contributed by atoms with E-state index in [9.17, 15) is 19.8 Å². The first kappa shape index (κ1) is 42.5. The average molecular weight is 779 g/mol. The van der Waals surface area contributed by atoms with E-state index in [1.807, 2.05) is 36.2 Å². The maximum absolute atomic E-state index is 14.4. The first-order chi connectivity index (χ1) is 25.7. The molecule has 2 aromatic rings. The molecule has 3 aliphatic carbocycles. The summed E-state index contributed by atoms with van der Waals surface area (Å²) in [5.74, 6) is -0.0844. The van der Waals surface area contributed by atoms with Gasteiger partial charge in [0.15, 0.2) is 8.32 Å². The van der Waals surface area contributed by atoms with Crippen molar-refractivity contribution in [2.75, 3.05) is 38.8 Å². The molecule has 0 aromatic heterocycles. The maximum atomic E-state index is 14.4. The molecule has 0 radical (unpaired) electrons. The van der Waals surface area contributed by atoms with E-state index >= 15 is 0 Å². The van der Waals surface area contributed by atoms with Gasteiger partial charge in [-0.15, -0.1) is 0 Å². The largest absolute Gasteiger partial charge is 0.496 e. The van der Waals surface area contributed by atoms with Gasteiger partial charge in [-0.2, -0.15) is 5.06 Å². The van der Waals surface area contributed by atoms with Crippen LogP contribution in [0.15, 0.2) is 41.5 Å². The van der Waals surface area contributed by atoms with Crippen molar-refractivity contribution in [3.8, 4) is 16.9 Å². The summed E-state index contributed by atoms with van der Waals surface area (Å²) >= 11 is 0. The number of methoxy groups -OCH3 is 1. The van der Waals surface area contributed by atoms with Crippen LogP contribution in [0.3, 0.4) is 0 Å². The Balaban J connectivity index is 1.45. The van der Waals surface area contributed by atoms with Crippen LogP contribution in [-0.4, -0.2) is 93.6 Å². The molecule has 8 atom stereocenters. The van der Waals surface area contributed by atoms with Crippen LogP contribution in [0.2, 0.25) is 18.1 Å². The first-order valence-electron chi connectivity index (χ1n) is 19.5. The van der Waals surface area contributed by atoms with Crippen LogP contribution >= 0.6 is 0 Å². The number of carbonyl (C=O) groups excluding carboxylic acids is 1. The van der Waals surface area contributed by atoms with Crippen LogP contribution in [0.1, 0.15) is 77.2 Å². The molecular formula is C41H62N6O7Si. The Labute approximate surface area is 327 Å². The smallest absolute Gasteiger partial charge is 0.335 e. The third-order valence-electron chi connectivity index (χ3n) is 13.4. The van der Waals surface area contributed by atoms with Crippen molar-refractivity contribution in [2.45, 2.75) is 110 Å². The van der Waals surface area contributed by atoms with Gasteiger partial charge in [0.05, 0.1) is 44.6 Å². The van der Waals surface area contributed by atoms with Gasteiger partial charge >= 0.3 is 5.97 Å². The number of anilines is 1. The molecule has 14 heteroatoms. The molecule has 4 fully saturated rings. The predicted octanol–water partition coefficient (Wildman–Crippen LogP) is 7.50. The number of benzene rings is 2. The summed E-state index contributed by atoms with van der Waals surface area (Å²) < 4.78 is 12.4. The van der Waals surface area contributed by atoms with E-state index in [-0.39, 0.29) is 41.1 Å². The van der Waals surface area contributed by atoms with E-state index in [0.717, 1.165) is 12.1 Å². The first-order valence-corrected chi connectivity index (χ1v) is 22.4. The number of likely N-dealkylation sites (N-methyl/N-ethyl adjacent to an activating group) is 1. The summed E-state index contributed by atoms with van der Waals surface area (Å²) in [4.78, 5) is 38.1. The number of ether oxygens (including phenoxy) is 1. The molecule has 2 aromatic carbocycles. The Kier molecular flexibility index (Phi) is 12.7. The zero-order valence-electron chi connectivity index (χ0n) is 34.5. The number of amides is 1. The van der Waals surface area contributed by atoms with Gasteiger partial charge < -0.3 is 29.6 Å². The van der Waals surface area contributed by atoms with E-state index in [2.05, 4.69) is 70.0 Å². The number of hydroxylamine groups is 2. The minimum atomic E-state index is -1.97. The Morgan fingerprint density at radius 2 is 1.93 bits per heavy atom. The van der Waals surface area contributed by atoms with Crippen molar-refractivity contribution in [2.24, 2.45) is 34.2 Å². The number of fused-ring (bicyclic) bond motifs is 2. The van der Waals surface area contributed by atoms with Crippen LogP contribution in [-0.2, 0) is 20.6 Å². The van der Waals surface area contributed by atoms with Gasteiger partial charge in [0, 0.05) is 47.3 Å². The average Bonchev–Trinajstić information content (AvgIpc) is 3.48. The minimum Gasteiger partial charge on any atom is -0.496 e. The predicted molar refractivity (Wildman–Crippen MR) is 216 cm³/mol.